The van der Waals surface area contributed by atoms with Gasteiger partial charge in [0.25, 0.3) is 5.91 Å². The summed E-state index contributed by atoms with van der Waals surface area (Å²) in [6.45, 7) is 1.59. The first kappa shape index (κ1) is 18.3. The molecule has 1 aromatic heterocycles. The van der Waals surface area contributed by atoms with E-state index in [4.69, 9.17) is 4.74 Å². The molecule has 1 atom stereocenters. The Morgan fingerprint density at radius 1 is 1.21 bits per heavy atom. The van der Waals surface area contributed by atoms with E-state index in [0.29, 0.717) is 18.7 Å². The number of carbonyl (C=O) groups excluding carboxylic acids is 1. The Morgan fingerprint density at radius 2 is 2.04 bits per heavy atom. The minimum absolute atomic E-state index is 0.0417. The predicted octanol–water partition coefficient (Wildman–Crippen LogP) is 3.40. The number of aromatic nitrogens is 2. The molecule has 6 heteroatoms. The number of hydrogen-bond acceptors (Lipinski definition) is 4. The molecule has 3 aromatic rings. The van der Waals surface area contributed by atoms with Crippen LogP contribution < -0.4 is 0 Å². The normalized spacial score (nSPS) is 16.2. The second-order valence-electron chi connectivity index (χ2n) is 6.97. The maximum absolute atomic E-state index is 13.2. The number of phenolic OH excluding ortho intramolecular Hbond substituents is 1. The van der Waals surface area contributed by atoms with Crippen LogP contribution in [0.3, 0.4) is 0 Å². The fraction of sp³-hybridized carbons (Fsp3) is 0.273. The molecule has 0 radical (unpaired) electrons. The summed E-state index contributed by atoms with van der Waals surface area (Å²) >= 11 is 0. The lowest BCUT2D eigenvalue weighted by Crippen LogP contribution is -2.37. The van der Waals surface area contributed by atoms with Gasteiger partial charge in [0, 0.05) is 48.9 Å². The van der Waals surface area contributed by atoms with Gasteiger partial charge in [0.1, 0.15) is 5.75 Å². The number of rotatable bonds is 6. The van der Waals surface area contributed by atoms with Crippen LogP contribution in [0, 0.1) is 0 Å². The molecular formula is C22H23N3O3. The average molecular weight is 377 g/mol. The lowest BCUT2D eigenvalue weighted by Gasteiger charge is -2.26. The quantitative estimate of drug-likeness (QED) is 0.715. The maximum atomic E-state index is 13.2. The van der Waals surface area contributed by atoms with Gasteiger partial charge < -0.3 is 19.3 Å². The van der Waals surface area contributed by atoms with Crippen molar-refractivity contribution in [2.45, 2.75) is 25.5 Å². The number of benzene rings is 2. The van der Waals surface area contributed by atoms with Crippen LogP contribution in [0.4, 0.5) is 0 Å². The first-order valence-corrected chi connectivity index (χ1v) is 9.47. The minimum atomic E-state index is -0.0732. The second-order valence-corrected chi connectivity index (χ2v) is 6.97. The van der Waals surface area contributed by atoms with Crippen molar-refractivity contribution in [3.05, 3.63) is 78.4 Å². The Labute approximate surface area is 164 Å². The van der Waals surface area contributed by atoms with E-state index in [2.05, 4.69) is 4.98 Å². The third-order valence-corrected chi connectivity index (χ3v) is 5.00. The van der Waals surface area contributed by atoms with E-state index in [1.165, 1.54) is 0 Å². The monoisotopic (exact) mass is 377 g/mol. The molecule has 1 amide bonds. The summed E-state index contributed by atoms with van der Waals surface area (Å²) in [5.74, 6) is 0.124. The van der Waals surface area contributed by atoms with Crippen molar-refractivity contribution < 1.29 is 14.6 Å². The Balaban J connectivity index is 1.55. The van der Waals surface area contributed by atoms with Crippen molar-refractivity contribution >= 4 is 5.91 Å². The van der Waals surface area contributed by atoms with Gasteiger partial charge in [0.2, 0.25) is 0 Å². The number of imidazole rings is 1. The van der Waals surface area contributed by atoms with Gasteiger partial charge in [-0.15, -0.1) is 0 Å². The Morgan fingerprint density at radius 3 is 2.71 bits per heavy atom. The fourth-order valence-corrected chi connectivity index (χ4v) is 3.47. The van der Waals surface area contributed by atoms with Crippen molar-refractivity contribution in [3.63, 3.8) is 0 Å². The summed E-state index contributed by atoms with van der Waals surface area (Å²) in [5.41, 5.74) is 2.28. The maximum Gasteiger partial charge on any atom is 0.254 e. The zero-order valence-electron chi connectivity index (χ0n) is 15.6. The minimum Gasteiger partial charge on any atom is -0.508 e. The topological polar surface area (TPSA) is 67.6 Å². The molecule has 6 nitrogen and oxygen atoms in total. The highest BCUT2D eigenvalue weighted by Gasteiger charge is 2.24. The van der Waals surface area contributed by atoms with Gasteiger partial charge in [0.15, 0.2) is 0 Å². The molecular weight excluding hydrogens is 354 g/mol. The van der Waals surface area contributed by atoms with Crippen LogP contribution >= 0.6 is 0 Å². The van der Waals surface area contributed by atoms with Gasteiger partial charge in [0.05, 0.1) is 12.4 Å². The van der Waals surface area contributed by atoms with E-state index < -0.39 is 0 Å². The number of aromatic hydroxyl groups is 1. The van der Waals surface area contributed by atoms with Gasteiger partial charge in [-0.1, -0.05) is 18.2 Å². The first-order chi connectivity index (χ1) is 13.7. The first-order valence-electron chi connectivity index (χ1n) is 9.47. The number of nitrogens with zero attached hydrogens (tertiary/aromatic N) is 3. The van der Waals surface area contributed by atoms with Gasteiger partial charge in [-0.3, -0.25) is 4.79 Å². The number of hydrogen-bond donors (Lipinski definition) is 1. The summed E-state index contributed by atoms with van der Waals surface area (Å²) in [5, 5.41) is 10.1. The summed E-state index contributed by atoms with van der Waals surface area (Å²) < 4.78 is 7.63. The number of phenols is 1. The molecule has 2 aromatic carbocycles. The Kier molecular flexibility index (Phi) is 5.39. The molecule has 0 aliphatic carbocycles. The summed E-state index contributed by atoms with van der Waals surface area (Å²) in [7, 11) is 0. The number of carbonyl (C=O) groups is 1. The van der Waals surface area contributed by atoms with Crippen molar-refractivity contribution in [1.29, 1.82) is 0 Å². The van der Waals surface area contributed by atoms with Crippen molar-refractivity contribution in [2.75, 3.05) is 13.2 Å². The molecule has 1 N–H and O–H groups in total. The lowest BCUT2D eigenvalue weighted by atomic mass is 10.1. The molecule has 1 aliphatic rings. The van der Waals surface area contributed by atoms with Crippen molar-refractivity contribution in [2.24, 2.45) is 0 Å². The standard InChI is InChI=1S/C22H23N3O3/c26-21-6-2-1-4-18(21)14-25(15-20-5-3-13-28-20)22(27)17-7-9-19(10-8-17)24-12-11-23-16-24/h1-2,4,6-12,16,20,26H,3,5,13-15H2. The molecule has 1 fully saturated rings. The van der Waals surface area contributed by atoms with Crippen LogP contribution in [0.25, 0.3) is 5.69 Å². The Hall–Kier alpha value is -3.12. The zero-order valence-corrected chi connectivity index (χ0v) is 15.6. The second kappa shape index (κ2) is 8.27. The zero-order chi connectivity index (χ0) is 19.3. The van der Waals surface area contributed by atoms with E-state index >= 15 is 0 Å². The fourth-order valence-electron chi connectivity index (χ4n) is 3.47. The molecule has 0 bridgehead atoms. The number of amides is 1. The van der Waals surface area contributed by atoms with Crippen LogP contribution in [0.5, 0.6) is 5.75 Å². The highest BCUT2D eigenvalue weighted by molar-refractivity contribution is 5.94. The highest BCUT2D eigenvalue weighted by atomic mass is 16.5. The third kappa shape index (κ3) is 4.07. The largest absolute Gasteiger partial charge is 0.508 e. The molecule has 1 unspecified atom stereocenters. The molecule has 0 saturated carbocycles. The molecule has 0 spiro atoms. The molecule has 28 heavy (non-hydrogen) atoms. The molecule has 1 saturated heterocycles. The molecule has 144 valence electrons. The van der Waals surface area contributed by atoms with Crippen molar-refractivity contribution in [1.82, 2.24) is 14.5 Å². The predicted molar refractivity (Wildman–Crippen MR) is 105 cm³/mol. The third-order valence-electron chi connectivity index (χ3n) is 5.00. The van der Waals surface area contributed by atoms with Crippen LogP contribution in [-0.4, -0.2) is 44.7 Å². The summed E-state index contributed by atoms with van der Waals surface area (Å²) in [6.07, 6.45) is 7.30. The molecule has 1 aliphatic heterocycles. The van der Waals surface area contributed by atoms with Gasteiger partial charge in [-0.2, -0.15) is 0 Å². The van der Waals surface area contributed by atoms with E-state index in [1.807, 2.05) is 47.2 Å². The van der Waals surface area contributed by atoms with E-state index in [1.54, 1.807) is 29.6 Å². The SMILES string of the molecule is O=C(c1ccc(-n2ccnc2)cc1)N(Cc1ccccc1O)CC1CCCO1. The lowest BCUT2D eigenvalue weighted by molar-refractivity contribution is 0.0506. The van der Waals surface area contributed by atoms with E-state index in [0.717, 1.165) is 30.7 Å². The van der Waals surface area contributed by atoms with Crippen LogP contribution in [0.2, 0.25) is 0 Å². The molecule has 4 rings (SSSR count). The van der Waals surface area contributed by atoms with E-state index in [-0.39, 0.29) is 17.8 Å². The number of para-hydroxylation sites is 1. The van der Waals surface area contributed by atoms with Crippen molar-refractivity contribution in [3.8, 4) is 11.4 Å². The van der Waals surface area contributed by atoms with Gasteiger partial charge in [-0.05, 0) is 43.2 Å². The highest BCUT2D eigenvalue weighted by Crippen LogP contribution is 2.22. The van der Waals surface area contributed by atoms with E-state index in [9.17, 15) is 9.90 Å². The average Bonchev–Trinajstić information content (AvgIpc) is 3.43. The Bertz CT molecular complexity index is 916. The van der Waals surface area contributed by atoms with Gasteiger partial charge in [-0.25, -0.2) is 4.98 Å². The number of ether oxygens (including phenoxy) is 1. The van der Waals surface area contributed by atoms with Crippen LogP contribution in [-0.2, 0) is 11.3 Å². The summed E-state index contributed by atoms with van der Waals surface area (Å²) in [6, 6.07) is 14.6. The molecule has 2 heterocycles. The van der Waals surface area contributed by atoms with Crippen LogP contribution in [0.1, 0.15) is 28.8 Å². The smallest absolute Gasteiger partial charge is 0.254 e. The van der Waals surface area contributed by atoms with Gasteiger partial charge >= 0.3 is 0 Å². The van der Waals surface area contributed by atoms with Crippen LogP contribution in [0.15, 0.2) is 67.3 Å². The summed E-state index contributed by atoms with van der Waals surface area (Å²) in [4.78, 5) is 19.0.